The van der Waals surface area contributed by atoms with Crippen LogP contribution < -0.4 is 15.6 Å². The highest BCUT2D eigenvalue weighted by atomic mass is 35.5. The predicted molar refractivity (Wildman–Crippen MR) is 134 cm³/mol. The Labute approximate surface area is 199 Å². The van der Waals surface area contributed by atoms with Crippen LogP contribution in [-0.2, 0) is 10.0 Å². The highest BCUT2D eigenvalue weighted by Crippen LogP contribution is 2.25. The van der Waals surface area contributed by atoms with E-state index in [1.54, 1.807) is 67.0 Å². The van der Waals surface area contributed by atoms with E-state index in [4.69, 9.17) is 11.6 Å². The maximum Gasteiger partial charge on any atom is 0.271 e. The molecule has 3 N–H and O–H groups in total. The molecule has 0 radical (unpaired) electrons. The number of nitrogens with zero attached hydrogens (tertiary/aromatic N) is 2. The minimum Gasteiger partial charge on any atom is -0.326 e. The van der Waals surface area contributed by atoms with Crippen molar-refractivity contribution in [3.63, 3.8) is 0 Å². The van der Waals surface area contributed by atoms with Gasteiger partial charge in [-0.2, -0.15) is 0 Å². The lowest BCUT2D eigenvalue weighted by atomic mass is 10.1. The smallest absolute Gasteiger partial charge is 0.271 e. The van der Waals surface area contributed by atoms with Crippen LogP contribution >= 0.6 is 22.9 Å². The monoisotopic (exact) mass is 499 g/mol. The highest BCUT2D eigenvalue weighted by Gasteiger charge is 2.16. The molecule has 2 aromatic heterocycles. The van der Waals surface area contributed by atoms with Crippen molar-refractivity contribution in [2.45, 2.75) is 4.21 Å². The first-order chi connectivity index (χ1) is 15.9. The molecule has 0 aliphatic rings. The van der Waals surface area contributed by atoms with Crippen molar-refractivity contribution >= 4 is 56.5 Å². The molecule has 11 heteroatoms. The van der Waals surface area contributed by atoms with E-state index in [2.05, 4.69) is 25.0 Å². The van der Waals surface area contributed by atoms with Gasteiger partial charge in [0.2, 0.25) is 5.95 Å². The third kappa shape index (κ3) is 5.30. The number of anilines is 3. The van der Waals surface area contributed by atoms with E-state index in [9.17, 15) is 13.2 Å². The maximum atomic E-state index is 12.7. The second-order valence-electron chi connectivity index (χ2n) is 6.81. The third-order valence-corrected chi connectivity index (χ3v) is 7.52. The molecule has 0 aliphatic carbocycles. The number of thiophene rings is 1. The lowest BCUT2D eigenvalue weighted by Gasteiger charge is -2.11. The van der Waals surface area contributed by atoms with Gasteiger partial charge in [-0.1, -0.05) is 29.8 Å². The molecule has 0 amide bonds. The first-order valence-electron chi connectivity index (χ1n) is 9.61. The molecule has 0 saturated carbocycles. The van der Waals surface area contributed by atoms with Crippen LogP contribution in [0, 0.1) is 0 Å². The minimum atomic E-state index is -3.66. The van der Waals surface area contributed by atoms with Gasteiger partial charge in [0, 0.05) is 35.2 Å². The Morgan fingerprint density at radius 3 is 2.39 bits per heavy atom. The second kappa shape index (κ2) is 9.57. The SMILES string of the molecule is CN=Cc1c(-c2ccc(NS(=O)(=O)c3cccs3)cc2)nc(Nc2ccc(Cl)cc2)[nH]c1=O. The molecule has 0 atom stereocenters. The number of aliphatic imine (C=N–C) groups is 1. The Morgan fingerprint density at radius 1 is 1.06 bits per heavy atom. The number of sulfonamides is 1. The quantitative estimate of drug-likeness (QED) is 0.317. The topological polar surface area (TPSA) is 116 Å². The molecule has 4 aromatic rings. The molecule has 2 aromatic carbocycles. The van der Waals surface area contributed by atoms with E-state index in [1.165, 1.54) is 12.3 Å². The Hall–Kier alpha value is -3.47. The molecule has 168 valence electrons. The molecule has 0 aliphatic heterocycles. The fraction of sp³-hybridized carbons (Fsp3) is 0.0455. The zero-order valence-corrected chi connectivity index (χ0v) is 19.6. The molecule has 0 fully saturated rings. The average Bonchev–Trinajstić information content (AvgIpc) is 3.34. The van der Waals surface area contributed by atoms with E-state index >= 15 is 0 Å². The molecule has 0 unspecified atom stereocenters. The molecule has 33 heavy (non-hydrogen) atoms. The maximum absolute atomic E-state index is 12.7. The van der Waals surface area contributed by atoms with Crippen molar-refractivity contribution < 1.29 is 8.42 Å². The minimum absolute atomic E-state index is 0.224. The molecular formula is C22H18ClN5O3S2. The van der Waals surface area contributed by atoms with E-state index in [0.29, 0.717) is 27.7 Å². The summed E-state index contributed by atoms with van der Waals surface area (Å²) in [5.41, 5.74) is 2.02. The lowest BCUT2D eigenvalue weighted by molar-refractivity contribution is 0.603. The van der Waals surface area contributed by atoms with E-state index in [0.717, 1.165) is 11.3 Å². The molecule has 0 bridgehead atoms. The lowest BCUT2D eigenvalue weighted by Crippen LogP contribution is -2.18. The second-order valence-corrected chi connectivity index (χ2v) is 10.1. The number of nitrogens with one attached hydrogen (secondary N) is 3. The number of benzene rings is 2. The molecule has 8 nitrogen and oxygen atoms in total. The van der Waals surface area contributed by atoms with E-state index < -0.39 is 10.0 Å². The van der Waals surface area contributed by atoms with Gasteiger partial charge in [0.25, 0.3) is 15.6 Å². The van der Waals surface area contributed by atoms with Crippen LogP contribution in [0.4, 0.5) is 17.3 Å². The number of H-pyrrole nitrogens is 1. The van der Waals surface area contributed by atoms with Gasteiger partial charge < -0.3 is 5.32 Å². The number of hydrogen-bond acceptors (Lipinski definition) is 7. The van der Waals surface area contributed by atoms with E-state index in [1.807, 2.05) is 0 Å². The third-order valence-electron chi connectivity index (χ3n) is 4.49. The molecular weight excluding hydrogens is 482 g/mol. The zero-order valence-electron chi connectivity index (χ0n) is 17.2. The Balaban J connectivity index is 1.67. The van der Waals surface area contributed by atoms with Gasteiger partial charge in [-0.05, 0) is 47.8 Å². The van der Waals surface area contributed by atoms with Gasteiger partial charge in [0.05, 0.1) is 11.3 Å². The van der Waals surface area contributed by atoms with Crippen LogP contribution in [-0.4, -0.2) is 31.6 Å². The fourth-order valence-electron chi connectivity index (χ4n) is 3.00. The van der Waals surface area contributed by atoms with E-state index in [-0.39, 0.29) is 21.3 Å². The molecule has 0 saturated heterocycles. The van der Waals surface area contributed by atoms with Crippen molar-refractivity contribution in [2.24, 2.45) is 4.99 Å². The van der Waals surface area contributed by atoms with Crippen molar-refractivity contribution in [2.75, 3.05) is 17.1 Å². The summed E-state index contributed by atoms with van der Waals surface area (Å²) in [5, 5.41) is 5.34. The van der Waals surface area contributed by atoms with Gasteiger partial charge in [-0.15, -0.1) is 11.3 Å². The molecule has 2 heterocycles. The summed E-state index contributed by atoms with van der Waals surface area (Å²) in [6.07, 6.45) is 1.43. The summed E-state index contributed by atoms with van der Waals surface area (Å²) in [5.74, 6) is 0.244. The van der Waals surface area contributed by atoms with Crippen LogP contribution in [0.3, 0.4) is 0 Å². The Morgan fingerprint density at radius 2 is 1.76 bits per heavy atom. The van der Waals surface area contributed by atoms with Crippen LogP contribution in [0.15, 0.2) is 80.0 Å². The first kappa shape index (κ1) is 22.7. The Bertz CT molecular complexity index is 1450. The van der Waals surface area contributed by atoms with Crippen LogP contribution in [0.1, 0.15) is 5.56 Å². The number of rotatable bonds is 7. The summed E-state index contributed by atoms with van der Waals surface area (Å²) < 4.78 is 27.7. The van der Waals surface area contributed by atoms with Gasteiger partial charge in [0.15, 0.2) is 0 Å². The van der Waals surface area contributed by atoms with Crippen LogP contribution in [0.5, 0.6) is 0 Å². The summed E-state index contributed by atoms with van der Waals surface area (Å²) in [6.45, 7) is 0. The highest BCUT2D eigenvalue weighted by molar-refractivity contribution is 7.94. The number of hydrogen-bond donors (Lipinski definition) is 3. The van der Waals surface area contributed by atoms with Crippen molar-refractivity contribution in [3.05, 3.63) is 87.0 Å². The number of aromatic nitrogens is 2. The van der Waals surface area contributed by atoms with Crippen molar-refractivity contribution in [1.29, 1.82) is 0 Å². The summed E-state index contributed by atoms with van der Waals surface area (Å²) >= 11 is 7.06. The largest absolute Gasteiger partial charge is 0.326 e. The van der Waals surface area contributed by atoms with Crippen LogP contribution in [0.2, 0.25) is 5.02 Å². The summed E-state index contributed by atoms with van der Waals surface area (Å²) in [6, 6.07) is 16.8. The first-order valence-corrected chi connectivity index (χ1v) is 12.4. The van der Waals surface area contributed by atoms with Crippen LogP contribution in [0.25, 0.3) is 11.3 Å². The molecule has 0 spiro atoms. The Kier molecular flexibility index (Phi) is 6.59. The average molecular weight is 500 g/mol. The molecule has 4 rings (SSSR count). The van der Waals surface area contributed by atoms with Gasteiger partial charge in [-0.3, -0.25) is 19.5 Å². The number of halogens is 1. The van der Waals surface area contributed by atoms with Gasteiger partial charge in [-0.25, -0.2) is 13.4 Å². The van der Waals surface area contributed by atoms with Gasteiger partial charge in [0.1, 0.15) is 4.21 Å². The number of aromatic amines is 1. The standard InChI is InChI=1S/C22H18ClN5O3S2/c1-24-13-18-20(26-22(27-21(18)29)25-16-10-6-15(23)7-11-16)14-4-8-17(9-5-14)28-33(30,31)19-3-2-12-32-19/h2-13,28H,1H3,(H2,25,26,27,29). The van der Waals surface area contributed by atoms with Crippen molar-refractivity contribution in [3.8, 4) is 11.3 Å². The fourth-order valence-corrected chi connectivity index (χ4v) is 5.18. The van der Waals surface area contributed by atoms with Crippen molar-refractivity contribution in [1.82, 2.24) is 9.97 Å². The summed E-state index contributed by atoms with van der Waals surface area (Å²) in [4.78, 5) is 23.9. The summed E-state index contributed by atoms with van der Waals surface area (Å²) in [7, 11) is -2.10. The zero-order chi connectivity index (χ0) is 23.4. The van der Waals surface area contributed by atoms with Gasteiger partial charge >= 0.3 is 0 Å². The predicted octanol–water partition coefficient (Wildman–Crippen LogP) is 4.74. The normalized spacial score (nSPS) is 11.6.